The van der Waals surface area contributed by atoms with Gasteiger partial charge in [0.1, 0.15) is 5.75 Å². The van der Waals surface area contributed by atoms with Gasteiger partial charge in [-0.2, -0.15) is 0 Å². The normalized spacial score (nSPS) is 11.6. The molecular weight excluding hydrogens is 354 g/mol. The molecule has 0 heterocycles. The summed E-state index contributed by atoms with van der Waals surface area (Å²) in [6, 6.07) is 19.8. The first kappa shape index (κ1) is 19.3. The van der Waals surface area contributed by atoms with Crippen molar-refractivity contribution in [2.45, 2.75) is 26.3 Å². The molecule has 142 valence electrons. The number of hydrogen-bond acceptors (Lipinski definition) is 4. The number of hydrogen-bond donors (Lipinski definition) is 1. The molecule has 0 saturated heterocycles. The van der Waals surface area contributed by atoms with Crippen molar-refractivity contribution in [3.8, 4) is 5.75 Å². The van der Waals surface area contributed by atoms with Gasteiger partial charge in [-0.25, -0.2) is 0 Å². The molecule has 0 aliphatic rings. The maximum absolute atomic E-state index is 12.7. The van der Waals surface area contributed by atoms with Gasteiger partial charge in [-0.05, 0) is 46.7 Å². The molecule has 5 heteroatoms. The number of carbonyl (C=O) groups is 3. The van der Waals surface area contributed by atoms with E-state index in [1.165, 1.54) is 13.8 Å². The Balaban J connectivity index is 1.82. The zero-order chi connectivity index (χ0) is 20.1. The summed E-state index contributed by atoms with van der Waals surface area (Å²) in [6.45, 7) is 2.76. The van der Waals surface area contributed by atoms with E-state index in [2.05, 4.69) is 5.32 Å². The molecule has 0 radical (unpaired) electrons. The Hall–Kier alpha value is -3.47. The van der Waals surface area contributed by atoms with Gasteiger partial charge in [0.2, 0.25) is 5.91 Å². The molecule has 3 rings (SSSR count). The number of ketones is 1. The summed E-state index contributed by atoms with van der Waals surface area (Å²) in [5, 5.41) is 5.02. The van der Waals surface area contributed by atoms with Gasteiger partial charge >= 0.3 is 5.97 Å². The number of Topliss-reactive ketones (excluding diaryl/α,β-unsaturated/α-hetero) is 1. The Labute approximate surface area is 163 Å². The van der Waals surface area contributed by atoms with Crippen LogP contribution in [0, 0.1) is 0 Å². The largest absolute Gasteiger partial charge is 0.427 e. The standard InChI is InChI=1S/C23H21NO4/c1-15(25)24-22(20-8-7-17-5-3-4-6-19(17)13-20)14-23(27)18-9-11-21(12-10-18)28-16(2)26/h3-13,22H,14H2,1-2H3,(H,24,25). The summed E-state index contributed by atoms with van der Waals surface area (Å²) in [5.41, 5.74) is 1.37. The molecule has 3 aromatic rings. The van der Waals surface area contributed by atoms with Gasteiger partial charge in [0.25, 0.3) is 0 Å². The van der Waals surface area contributed by atoms with Crippen LogP contribution < -0.4 is 10.1 Å². The van der Waals surface area contributed by atoms with Crippen LogP contribution in [0.3, 0.4) is 0 Å². The topological polar surface area (TPSA) is 72.5 Å². The first-order valence-corrected chi connectivity index (χ1v) is 9.00. The Kier molecular flexibility index (Phi) is 5.84. The number of ether oxygens (including phenoxy) is 1. The van der Waals surface area contributed by atoms with E-state index in [9.17, 15) is 14.4 Å². The second-order valence-electron chi connectivity index (χ2n) is 6.61. The van der Waals surface area contributed by atoms with Crippen molar-refractivity contribution in [3.63, 3.8) is 0 Å². The lowest BCUT2D eigenvalue weighted by molar-refractivity contribution is -0.131. The van der Waals surface area contributed by atoms with E-state index in [1.54, 1.807) is 24.3 Å². The third-order valence-corrected chi connectivity index (χ3v) is 4.38. The van der Waals surface area contributed by atoms with Crippen molar-refractivity contribution in [2.75, 3.05) is 0 Å². The predicted molar refractivity (Wildman–Crippen MR) is 107 cm³/mol. The predicted octanol–water partition coefficient (Wildman–Crippen LogP) is 4.22. The Bertz CT molecular complexity index is 1020. The molecule has 3 aromatic carbocycles. The summed E-state index contributed by atoms with van der Waals surface area (Å²) in [6.07, 6.45) is 0.130. The van der Waals surface area contributed by atoms with Crippen molar-refractivity contribution < 1.29 is 19.1 Å². The van der Waals surface area contributed by atoms with Crippen molar-refractivity contribution in [2.24, 2.45) is 0 Å². The molecule has 0 aromatic heterocycles. The molecule has 0 aliphatic heterocycles. The van der Waals surface area contributed by atoms with E-state index < -0.39 is 12.0 Å². The van der Waals surface area contributed by atoms with Gasteiger partial charge in [-0.15, -0.1) is 0 Å². The average molecular weight is 375 g/mol. The van der Waals surface area contributed by atoms with Gasteiger partial charge < -0.3 is 10.1 Å². The highest BCUT2D eigenvalue weighted by Gasteiger charge is 2.19. The minimum absolute atomic E-state index is 0.110. The van der Waals surface area contributed by atoms with Crippen LogP contribution in [0.2, 0.25) is 0 Å². The van der Waals surface area contributed by atoms with E-state index in [-0.39, 0.29) is 18.1 Å². The quantitative estimate of drug-likeness (QED) is 0.398. The lowest BCUT2D eigenvalue weighted by atomic mass is 9.95. The van der Waals surface area contributed by atoms with Crippen molar-refractivity contribution in [1.82, 2.24) is 5.32 Å². The SMILES string of the molecule is CC(=O)NC(CC(=O)c1ccc(OC(C)=O)cc1)c1ccc2ccccc2c1. The number of benzene rings is 3. The van der Waals surface area contributed by atoms with E-state index in [1.807, 2.05) is 42.5 Å². The monoisotopic (exact) mass is 375 g/mol. The van der Waals surface area contributed by atoms with Gasteiger partial charge in [0.05, 0.1) is 6.04 Å². The number of rotatable bonds is 6. The fraction of sp³-hybridized carbons (Fsp3) is 0.174. The van der Waals surface area contributed by atoms with Crippen LogP contribution in [-0.2, 0) is 9.59 Å². The van der Waals surface area contributed by atoms with E-state index >= 15 is 0 Å². The highest BCUT2D eigenvalue weighted by molar-refractivity contribution is 5.97. The minimum atomic E-state index is -0.428. The lowest BCUT2D eigenvalue weighted by Crippen LogP contribution is -2.28. The average Bonchev–Trinajstić information content (AvgIpc) is 2.66. The Morgan fingerprint density at radius 3 is 2.21 bits per heavy atom. The van der Waals surface area contributed by atoms with E-state index in [0.717, 1.165) is 16.3 Å². The van der Waals surface area contributed by atoms with Gasteiger partial charge in [0, 0.05) is 25.8 Å². The van der Waals surface area contributed by atoms with Crippen LogP contribution in [0.5, 0.6) is 5.75 Å². The number of amides is 1. The van der Waals surface area contributed by atoms with E-state index in [0.29, 0.717) is 11.3 Å². The Morgan fingerprint density at radius 1 is 0.893 bits per heavy atom. The van der Waals surface area contributed by atoms with Crippen LogP contribution in [0.1, 0.15) is 42.2 Å². The third-order valence-electron chi connectivity index (χ3n) is 4.38. The summed E-state index contributed by atoms with van der Waals surface area (Å²) < 4.78 is 4.99. The number of nitrogens with one attached hydrogen (secondary N) is 1. The van der Waals surface area contributed by atoms with Gasteiger partial charge in [0.15, 0.2) is 5.78 Å². The summed E-state index contributed by atoms with van der Waals surface area (Å²) in [5.74, 6) is -0.337. The molecule has 0 aliphatic carbocycles. The molecular formula is C23H21NO4. The van der Waals surface area contributed by atoms with Crippen LogP contribution in [0.15, 0.2) is 66.7 Å². The van der Waals surface area contributed by atoms with Gasteiger partial charge in [-0.1, -0.05) is 36.4 Å². The summed E-state index contributed by atoms with van der Waals surface area (Å²) in [4.78, 5) is 35.4. The third kappa shape index (κ3) is 4.82. The lowest BCUT2D eigenvalue weighted by Gasteiger charge is -2.18. The second kappa shape index (κ2) is 8.48. The van der Waals surface area contributed by atoms with E-state index in [4.69, 9.17) is 4.74 Å². The maximum atomic E-state index is 12.7. The van der Waals surface area contributed by atoms with Gasteiger partial charge in [-0.3, -0.25) is 14.4 Å². The fourth-order valence-electron chi connectivity index (χ4n) is 3.10. The second-order valence-corrected chi connectivity index (χ2v) is 6.61. The highest BCUT2D eigenvalue weighted by atomic mass is 16.5. The molecule has 1 atom stereocenters. The number of esters is 1. The smallest absolute Gasteiger partial charge is 0.308 e. The molecule has 1 amide bonds. The zero-order valence-corrected chi connectivity index (χ0v) is 15.8. The highest BCUT2D eigenvalue weighted by Crippen LogP contribution is 2.24. The summed E-state index contributed by atoms with van der Waals surface area (Å²) >= 11 is 0. The van der Waals surface area contributed by atoms with Crippen LogP contribution in [0.4, 0.5) is 0 Å². The first-order valence-electron chi connectivity index (χ1n) is 9.00. The molecule has 0 fully saturated rings. The number of fused-ring (bicyclic) bond motifs is 1. The molecule has 0 spiro atoms. The van der Waals surface area contributed by atoms with Crippen LogP contribution >= 0.6 is 0 Å². The fourth-order valence-corrected chi connectivity index (χ4v) is 3.10. The van der Waals surface area contributed by atoms with Crippen LogP contribution in [0.25, 0.3) is 10.8 Å². The number of carbonyl (C=O) groups excluding carboxylic acids is 3. The molecule has 28 heavy (non-hydrogen) atoms. The minimum Gasteiger partial charge on any atom is -0.427 e. The Morgan fingerprint density at radius 2 is 1.57 bits per heavy atom. The molecule has 5 nitrogen and oxygen atoms in total. The molecule has 1 N–H and O–H groups in total. The first-order chi connectivity index (χ1) is 13.4. The van der Waals surface area contributed by atoms with Crippen molar-refractivity contribution >= 4 is 28.4 Å². The summed E-state index contributed by atoms with van der Waals surface area (Å²) in [7, 11) is 0. The van der Waals surface area contributed by atoms with Crippen molar-refractivity contribution in [1.29, 1.82) is 0 Å². The molecule has 0 bridgehead atoms. The van der Waals surface area contributed by atoms with Crippen molar-refractivity contribution in [3.05, 3.63) is 77.9 Å². The van der Waals surface area contributed by atoms with Crippen LogP contribution in [-0.4, -0.2) is 17.7 Å². The zero-order valence-electron chi connectivity index (χ0n) is 15.8. The molecule has 0 saturated carbocycles. The maximum Gasteiger partial charge on any atom is 0.308 e. The molecule has 1 unspecified atom stereocenters.